The van der Waals surface area contributed by atoms with Gasteiger partial charge in [0.1, 0.15) is 5.82 Å². The lowest BCUT2D eigenvalue weighted by molar-refractivity contribution is -0.137. The van der Waals surface area contributed by atoms with Gasteiger partial charge in [-0.1, -0.05) is 17.7 Å². The van der Waals surface area contributed by atoms with Crippen LogP contribution in [0.3, 0.4) is 0 Å². The monoisotopic (exact) mass is 265 g/mol. The molecule has 0 bridgehead atoms. The Bertz CT molecular complexity index is 440. The molecule has 4 heteroatoms. The summed E-state index contributed by atoms with van der Waals surface area (Å²) in [4.78, 5) is 11.2. The molecule has 0 saturated carbocycles. The van der Waals surface area contributed by atoms with Crippen molar-refractivity contribution < 1.29 is 13.9 Å². The third-order valence-electron chi connectivity index (χ3n) is 2.37. The molecule has 0 aliphatic carbocycles. The van der Waals surface area contributed by atoms with Crippen molar-refractivity contribution in [1.29, 1.82) is 0 Å². The van der Waals surface area contributed by atoms with Gasteiger partial charge in [0.05, 0.1) is 6.61 Å². The summed E-state index contributed by atoms with van der Waals surface area (Å²) in [6.45, 7) is 5.42. The number of rotatable bonds is 7. The molecule has 0 unspecified atom stereocenters. The summed E-state index contributed by atoms with van der Waals surface area (Å²) in [5, 5.41) is 3.17. The summed E-state index contributed by atoms with van der Waals surface area (Å²) in [7, 11) is 0. The van der Waals surface area contributed by atoms with Crippen LogP contribution in [0.5, 0.6) is 0 Å². The van der Waals surface area contributed by atoms with Gasteiger partial charge in [-0.3, -0.25) is 0 Å². The van der Waals surface area contributed by atoms with Crippen molar-refractivity contribution in [3.63, 3.8) is 0 Å². The summed E-state index contributed by atoms with van der Waals surface area (Å²) in [5.74, 6) is -0.528. The van der Waals surface area contributed by atoms with E-state index >= 15 is 0 Å². The molecule has 19 heavy (non-hydrogen) atoms. The number of allylic oxidation sites excluding steroid dienone is 1. The second-order valence-electron chi connectivity index (χ2n) is 4.55. The maximum atomic E-state index is 12.9. The van der Waals surface area contributed by atoms with E-state index in [4.69, 9.17) is 4.74 Å². The number of halogens is 1. The molecule has 104 valence electrons. The Hall–Kier alpha value is -1.68. The lowest BCUT2D eigenvalue weighted by atomic mass is 10.2. The fourth-order valence-electron chi connectivity index (χ4n) is 1.53. The van der Waals surface area contributed by atoms with Gasteiger partial charge in [-0.15, -0.1) is 0 Å². The van der Waals surface area contributed by atoms with E-state index in [-0.39, 0.29) is 11.8 Å². The second kappa shape index (κ2) is 8.43. The molecule has 1 N–H and O–H groups in total. The molecule has 0 atom stereocenters. The highest BCUT2D eigenvalue weighted by Crippen LogP contribution is 2.02. The Morgan fingerprint density at radius 2 is 2.21 bits per heavy atom. The number of ether oxygens (including phenoxy) is 1. The van der Waals surface area contributed by atoms with Crippen molar-refractivity contribution in [3.8, 4) is 0 Å². The predicted molar refractivity (Wildman–Crippen MR) is 73.1 cm³/mol. The first-order chi connectivity index (χ1) is 9.08. The lowest BCUT2D eigenvalue weighted by Gasteiger charge is -2.05. The summed E-state index contributed by atoms with van der Waals surface area (Å²) < 4.78 is 17.9. The Balaban J connectivity index is 2.09. The van der Waals surface area contributed by atoms with E-state index in [1.165, 1.54) is 18.2 Å². The fraction of sp³-hybridized carbons (Fsp3) is 0.400. The largest absolute Gasteiger partial charge is 0.462 e. The molecule has 0 saturated heterocycles. The van der Waals surface area contributed by atoms with Gasteiger partial charge in [0, 0.05) is 12.6 Å². The molecule has 0 aliphatic heterocycles. The van der Waals surface area contributed by atoms with Crippen LogP contribution in [0.25, 0.3) is 0 Å². The highest BCUT2D eigenvalue weighted by atomic mass is 19.1. The van der Waals surface area contributed by atoms with Gasteiger partial charge in [-0.2, -0.15) is 0 Å². The van der Waals surface area contributed by atoms with Crippen molar-refractivity contribution >= 4 is 5.97 Å². The molecular weight excluding hydrogens is 245 g/mol. The van der Waals surface area contributed by atoms with Crippen LogP contribution in [0.15, 0.2) is 35.9 Å². The van der Waals surface area contributed by atoms with E-state index in [1.54, 1.807) is 6.07 Å². The topological polar surface area (TPSA) is 38.3 Å². The molecule has 0 radical (unpaired) electrons. The van der Waals surface area contributed by atoms with Gasteiger partial charge < -0.3 is 10.1 Å². The Labute approximate surface area is 113 Å². The molecule has 1 aromatic rings. The first-order valence-electron chi connectivity index (χ1n) is 6.35. The van der Waals surface area contributed by atoms with Gasteiger partial charge in [0.25, 0.3) is 0 Å². The minimum Gasteiger partial charge on any atom is -0.462 e. The van der Waals surface area contributed by atoms with E-state index in [9.17, 15) is 9.18 Å². The van der Waals surface area contributed by atoms with Crippen LogP contribution >= 0.6 is 0 Å². The molecule has 0 spiro atoms. The van der Waals surface area contributed by atoms with Crippen LogP contribution in [-0.4, -0.2) is 19.1 Å². The Morgan fingerprint density at radius 3 is 2.89 bits per heavy atom. The third kappa shape index (κ3) is 7.36. The van der Waals surface area contributed by atoms with Crippen LogP contribution in [-0.2, 0) is 16.1 Å². The maximum absolute atomic E-state index is 12.9. The number of benzene rings is 1. The summed E-state index contributed by atoms with van der Waals surface area (Å²) in [6, 6.07) is 6.48. The predicted octanol–water partition coefficient (Wildman–Crippen LogP) is 2.81. The second-order valence-corrected chi connectivity index (χ2v) is 4.55. The summed E-state index contributed by atoms with van der Waals surface area (Å²) in [5.41, 5.74) is 1.83. The van der Waals surface area contributed by atoms with E-state index < -0.39 is 0 Å². The van der Waals surface area contributed by atoms with Gasteiger partial charge in [0.15, 0.2) is 0 Å². The maximum Gasteiger partial charge on any atom is 0.330 e. The average Bonchev–Trinajstić information content (AvgIpc) is 2.32. The molecule has 0 heterocycles. The quantitative estimate of drug-likeness (QED) is 0.468. The zero-order valence-electron chi connectivity index (χ0n) is 11.4. The highest BCUT2D eigenvalue weighted by Gasteiger charge is 1.98. The van der Waals surface area contributed by atoms with E-state index in [2.05, 4.69) is 5.32 Å². The standard InChI is InChI=1S/C15H20FNO2/c1-12(2)9-15(18)19-8-4-7-17-11-13-5-3-6-14(16)10-13/h3,5-6,9-10,17H,4,7-8,11H2,1-2H3. The first-order valence-corrected chi connectivity index (χ1v) is 6.35. The van der Waals surface area contributed by atoms with Gasteiger partial charge >= 0.3 is 5.97 Å². The number of hydrogen-bond acceptors (Lipinski definition) is 3. The van der Waals surface area contributed by atoms with E-state index in [1.807, 2.05) is 19.9 Å². The normalized spacial score (nSPS) is 10.1. The van der Waals surface area contributed by atoms with Crippen molar-refractivity contribution in [2.24, 2.45) is 0 Å². The van der Waals surface area contributed by atoms with Crippen LogP contribution in [0.4, 0.5) is 4.39 Å². The Morgan fingerprint density at radius 1 is 1.42 bits per heavy atom. The Kier molecular flexibility index (Phi) is 6.82. The number of esters is 1. The van der Waals surface area contributed by atoms with Gasteiger partial charge in [0.2, 0.25) is 0 Å². The number of carbonyl (C=O) groups excluding carboxylic acids is 1. The van der Waals surface area contributed by atoms with Crippen LogP contribution in [0.2, 0.25) is 0 Å². The minimum atomic E-state index is -0.301. The fourth-order valence-corrected chi connectivity index (χ4v) is 1.53. The zero-order valence-corrected chi connectivity index (χ0v) is 11.4. The summed E-state index contributed by atoms with van der Waals surface area (Å²) in [6.07, 6.45) is 2.21. The molecule has 1 rings (SSSR count). The molecule has 0 amide bonds. The lowest BCUT2D eigenvalue weighted by Crippen LogP contribution is -2.17. The first kappa shape index (κ1) is 15.4. The number of nitrogens with one attached hydrogen (secondary N) is 1. The smallest absolute Gasteiger partial charge is 0.330 e. The van der Waals surface area contributed by atoms with Crippen LogP contribution < -0.4 is 5.32 Å². The van der Waals surface area contributed by atoms with E-state index in [0.29, 0.717) is 13.2 Å². The van der Waals surface area contributed by atoms with Crippen molar-refractivity contribution in [1.82, 2.24) is 5.32 Å². The van der Waals surface area contributed by atoms with Crippen molar-refractivity contribution in [2.45, 2.75) is 26.8 Å². The molecular formula is C15H20FNO2. The average molecular weight is 265 g/mol. The SMILES string of the molecule is CC(C)=CC(=O)OCCCNCc1cccc(F)c1. The van der Waals surface area contributed by atoms with Crippen molar-refractivity contribution in [3.05, 3.63) is 47.3 Å². The highest BCUT2D eigenvalue weighted by molar-refractivity contribution is 5.82. The molecule has 0 fully saturated rings. The third-order valence-corrected chi connectivity index (χ3v) is 2.37. The minimum absolute atomic E-state index is 0.227. The van der Waals surface area contributed by atoms with E-state index in [0.717, 1.165) is 24.1 Å². The van der Waals surface area contributed by atoms with Gasteiger partial charge in [-0.25, -0.2) is 9.18 Å². The number of hydrogen-bond donors (Lipinski definition) is 1. The number of carbonyl (C=O) groups is 1. The van der Waals surface area contributed by atoms with Crippen LogP contribution in [0.1, 0.15) is 25.8 Å². The molecule has 0 aromatic heterocycles. The summed E-state index contributed by atoms with van der Waals surface area (Å²) >= 11 is 0. The molecule has 3 nitrogen and oxygen atoms in total. The molecule has 0 aliphatic rings. The zero-order chi connectivity index (χ0) is 14.1. The molecule has 1 aromatic carbocycles. The van der Waals surface area contributed by atoms with Gasteiger partial charge in [-0.05, 0) is 44.5 Å². The van der Waals surface area contributed by atoms with Crippen LogP contribution in [0, 0.1) is 5.82 Å². The van der Waals surface area contributed by atoms with Crippen molar-refractivity contribution in [2.75, 3.05) is 13.2 Å².